The fraction of sp³-hybridized carbons (Fsp3) is 0.176. The summed E-state index contributed by atoms with van der Waals surface area (Å²) < 4.78 is 12.6. The summed E-state index contributed by atoms with van der Waals surface area (Å²) in [6, 6.07) is 14.3. The van der Waals surface area contributed by atoms with Crippen LogP contribution in [-0.2, 0) is 6.54 Å². The Balaban J connectivity index is 1.69. The van der Waals surface area contributed by atoms with Gasteiger partial charge in [-0.25, -0.2) is 4.79 Å². The average Bonchev–Trinajstić information content (AvgIpc) is 2.58. The van der Waals surface area contributed by atoms with E-state index in [1.807, 2.05) is 18.2 Å². The van der Waals surface area contributed by atoms with Crippen molar-refractivity contribution in [3.05, 3.63) is 69.4 Å². The Morgan fingerprint density at radius 1 is 1.04 bits per heavy atom. The minimum Gasteiger partial charge on any atom is -0.486 e. The van der Waals surface area contributed by atoms with E-state index in [-0.39, 0.29) is 18.7 Å². The first-order chi connectivity index (χ1) is 11.2. The maximum absolute atomic E-state index is 12.5. The Labute approximate surface area is 130 Å². The highest BCUT2D eigenvalue weighted by molar-refractivity contribution is 5.76. The Morgan fingerprint density at radius 2 is 1.78 bits per heavy atom. The first-order valence-corrected chi connectivity index (χ1v) is 7.33. The molecule has 1 aliphatic heterocycles. The number of hydrogen-bond acceptors (Lipinski definition) is 4. The zero-order valence-electron chi connectivity index (χ0n) is 12.2. The van der Waals surface area contributed by atoms with Crippen molar-refractivity contribution in [2.45, 2.75) is 12.6 Å². The van der Waals surface area contributed by atoms with Gasteiger partial charge in [0.15, 0.2) is 17.6 Å². The predicted octanol–water partition coefficient (Wildman–Crippen LogP) is 1.53. The van der Waals surface area contributed by atoms with E-state index in [0.29, 0.717) is 22.4 Å². The monoisotopic (exact) mass is 310 g/mol. The molecule has 0 unspecified atom stereocenters. The fourth-order valence-electron chi connectivity index (χ4n) is 2.72. The number of aromatic nitrogens is 2. The van der Waals surface area contributed by atoms with Gasteiger partial charge < -0.3 is 14.5 Å². The van der Waals surface area contributed by atoms with Crippen LogP contribution in [0.25, 0.3) is 10.9 Å². The third-order valence-electron chi connectivity index (χ3n) is 3.84. The lowest BCUT2D eigenvalue weighted by atomic mass is 10.2. The number of rotatable bonds is 2. The minimum absolute atomic E-state index is 0.132. The van der Waals surface area contributed by atoms with Crippen LogP contribution >= 0.6 is 0 Å². The van der Waals surface area contributed by atoms with Gasteiger partial charge >= 0.3 is 5.69 Å². The summed E-state index contributed by atoms with van der Waals surface area (Å²) in [4.78, 5) is 27.4. The highest BCUT2D eigenvalue weighted by atomic mass is 16.6. The molecule has 0 radical (unpaired) electrons. The molecule has 6 nitrogen and oxygen atoms in total. The highest BCUT2D eigenvalue weighted by Gasteiger charge is 2.22. The molecular weight excluding hydrogens is 296 g/mol. The number of hydrogen-bond donors (Lipinski definition) is 1. The van der Waals surface area contributed by atoms with Crippen molar-refractivity contribution in [1.29, 1.82) is 0 Å². The van der Waals surface area contributed by atoms with E-state index in [0.717, 1.165) is 4.57 Å². The van der Waals surface area contributed by atoms with Crippen LogP contribution in [0.2, 0.25) is 0 Å². The highest BCUT2D eigenvalue weighted by Crippen LogP contribution is 2.30. The van der Waals surface area contributed by atoms with E-state index in [2.05, 4.69) is 4.98 Å². The molecule has 0 saturated heterocycles. The summed E-state index contributed by atoms with van der Waals surface area (Å²) >= 11 is 0. The number of nitrogens with zero attached hydrogens (tertiary/aromatic N) is 1. The van der Waals surface area contributed by atoms with Gasteiger partial charge in [-0.2, -0.15) is 0 Å². The minimum atomic E-state index is -0.448. The molecular formula is C17H14N2O4. The number of H-pyrrole nitrogens is 1. The van der Waals surface area contributed by atoms with Gasteiger partial charge in [-0.15, -0.1) is 0 Å². The van der Waals surface area contributed by atoms with Crippen molar-refractivity contribution in [1.82, 2.24) is 9.55 Å². The molecule has 0 aliphatic carbocycles. The summed E-state index contributed by atoms with van der Waals surface area (Å²) in [5.41, 5.74) is -0.243. The van der Waals surface area contributed by atoms with Crippen LogP contribution in [0.4, 0.5) is 0 Å². The van der Waals surface area contributed by atoms with Crippen molar-refractivity contribution in [2.75, 3.05) is 6.61 Å². The first kappa shape index (κ1) is 13.6. The molecule has 4 rings (SSSR count). The summed E-state index contributed by atoms with van der Waals surface area (Å²) in [6.45, 7) is 0.420. The van der Waals surface area contributed by atoms with Gasteiger partial charge in [-0.05, 0) is 24.3 Å². The largest absolute Gasteiger partial charge is 0.486 e. The first-order valence-electron chi connectivity index (χ1n) is 7.33. The third kappa shape index (κ3) is 2.38. The molecule has 1 aliphatic rings. The van der Waals surface area contributed by atoms with E-state index < -0.39 is 11.8 Å². The van der Waals surface area contributed by atoms with Gasteiger partial charge in [0, 0.05) is 0 Å². The zero-order valence-corrected chi connectivity index (χ0v) is 12.2. The van der Waals surface area contributed by atoms with E-state index in [9.17, 15) is 9.59 Å². The van der Waals surface area contributed by atoms with Crippen LogP contribution in [0.3, 0.4) is 0 Å². The Kier molecular flexibility index (Phi) is 3.15. The van der Waals surface area contributed by atoms with E-state index in [1.165, 1.54) is 0 Å². The van der Waals surface area contributed by atoms with Crippen molar-refractivity contribution < 1.29 is 9.47 Å². The van der Waals surface area contributed by atoms with E-state index in [4.69, 9.17) is 9.47 Å². The summed E-state index contributed by atoms with van der Waals surface area (Å²) in [7, 11) is 0. The van der Waals surface area contributed by atoms with Gasteiger partial charge in [0.2, 0.25) is 0 Å². The average molecular weight is 310 g/mol. The fourth-order valence-corrected chi connectivity index (χ4v) is 2.72. The molecule has 0 amide bonds. The number of benzene rings is 2. The molecule has 0 saturated carbocycles. The zero-order chi connectivity index (χ0) is 15.8. The predicted molar refractivity (Wildman–Crippen MR) is 85.2 cm³/mol. The second-order valence-electron chi connectivity index (χ2n) is 5.39. The number of para-hydroxylation sites is 3. The number of ether oxygens (including phenoxy) is 2. The third-order valence-corrected chi connectivity index (χ3v) is 3.84. The molecule has 0 bridgehead atoms. The molecule has 0 fully saturated rings. The van der Waals surface area contributed by atoms with E-state index in [1.54, 1.807) is 30.3 Å². The van der Waals surface area contributed by atoms with Gasteiger partial charge in [-0.1, -0.05) is 24.3 Å². The number of fused-ring (bicyclic) bond motifs is 2. The summed E-state index contributed by atoms with van der Waals surface area (Å²) in [6.07, 6.45) is -0.398. The van der Waals surface area contributed by atoms with Gasteiger partial charge in [0.25, 0.3) is 5.56 Å². The normalized spacial score (nSPS) is 16.4. The molecule has 1 atom stereocenters. The molecule has 23 heavy (non-hydrogen) atoms. The quantitative estimate of drug-likeness (QED) is 0.779. The molecule has 3 aromatic rings. The topological polar surface area (TPSA) is 73.3 Å². The molecule has 2 aromatic carbocycles. The molecule has 6 heteroatoms. The van der Waals surface area contributed by atoms with Crippen LogP contribution in [0.15, 0.2) is 58.1 Å². The van der Waals surface area contributed by atoms with Crippen molar-refractivity contribution in [3.8, 4) is 11.5 Å². The molecule has 0 spiro atoms. The van der Waals surface area contributed by atoms with Crippen molar-refractivity contribution in [3.63, 3.8) is 0 Å². The van der Waals surface area contributed by atoms with Gasteiger partial charge in [0.05, 0.1) is 17.4 Å². The SMILES string of the molecule is O=c1[nH]c2ccccc2c(=O)n1C[C@@H]1COc2ccccc2O1. The lowest BCUT2D eigenvalue weighted by Gasteiger charge is -2.26. The van der Waals surface area contributed by atoms with E-state index >= 15 is 0 Å². The molecule has 1 N–H and O–H groups in total. The Bertz CT molecular complexity index is 990. The van der Waals surface area contributed by atoms with Crippen LogP contribution in [0, 0.1) is 0 Å². The van der Waals surface area contributed by atoms with Crippen LogP contribution in [0.1, 0.15) is 0 Å². The van der Waals surface area contributed by atoms with Crippen LogP contribution < -0.4 is 20.7 Å². The number of nitrogens with one attached hydrogen (secondary N) is 1. The molecule has 1 aromatic heterocycles. The maximum Gasteiger partial charge on any atom is 0.328 e. The summed E-state index contributed by atoms with van der Waals surface area (Å²) in [5, 5.41) is 0.476. The summed E-state index contributed by atoms with van der Waals surface area (Å²) in [5.74, 6) is 1.29. The number of aromatic amines is 1. The van der Waals surface area contributed by atoms with Crippen molar-refractivity contribution >= 4 is 10.9 Å². The molecule has 116 valence electrons. The van der Waals surface area contributed by atoms with Crippen LogP contribution in [-0.4, -0.2) is 22.3 Å². The van der Waals surface area contributed by atoms with Gasteiger partial charge in [0.1, 0.15) is 6.61 Å². The lowest BCUT2D eigenvalue weighted by Crippen LogP contribution is -2.42. The Hall–Kier alpha value is -3.02. The van der Waals surface area contributed by atoms with Crippen molar-refractivity contribution in [2.24, 2.45) is 0 Å². The standard InChI is InChI=1S/C17H14N2O4/c20-16-12-5-1-2-6-13(12)18-17(21)19(16)9-11-10-22-14-7-3-4-8-15(14)23-11/h1-8,11H,9-10H2,(H,18,21)/t11-/m1/s1. The van der Waals surface area contributed by atoms with Gasteiger partial charge in [-0.3, -0.25) is 9.36 Å². The maximum atomic E-state index is 12.5. The van der Waals surface area contributed by atoms with Crippen LogP contribution in [0.5, 0.6) is 11.5 Å². The Morgan fingerprint density at radius 3 is 2.65 bits per heavy atom. The lowest BCUT2D eigenvalue weighted by molar-refractivity contribution is 0.0769. The second kappa shape index (κ2) is 5.31. The molecule has 2 heterocycles. The smallest absolute Gasteiger partial charge is 0.328 e. The second-order valence-corrected chi connectivity index (χ2v) is 5.39.